The average molecular weight is 216 g/mol. The van der Waals surface area contributed by atoms with E-state index in [2.05, 4.69) is 0 Å². The third kappa shape index (κ3) is 2.72. The fraction of sp³-hybridized carbons (Fsp3) is 0.125. The van der Waals surface area contributed by atoms with Gasteiger partial charge in [0.25, 0.3) is 9.05 Å². The van der Waals surface area contributed by atoms with Crippen LogP contribution >= 0.6 is 10.7 Å². The second kappa shape index (κ2) is 3.77. The van der Waals surface area contributed by atoms with Gasteiger partial charge in [0.1, 0.15) is 0 Å². The van der Waals surface area contributed by atoms with Crippen LogP contribution in [0.25, 0.3) is 0 Å². The SMILES string of the molecule is N#CCc1cccc(S(=O)(=O)Cl)c1. The molecule has 0 radical (unpaired) electrons. The molecule has 0 aromatic heterocycles. The van der Waals surface area contributed by atoms with Crippen molar-refractivity contribution in [1.29, 1.82) is 5.26 Å². The molecule has 0 aliphatic carbocycles. The molecule has 5 heteroatoms. The lowest BCUT2D eigenvalue weighted by Gasteiger charge is -1.97. The van der Waals surface area contributed by atoms with Crippen LogP contribution < -0.4 is 0 Å². The Morgan fingerprint density at radius 1 is 1.46 bits per heavy atom. The fourth-order valence-corrected chi connectivity index (χ4v) is 1.72. The Labute approximate surface area is 81.0 Å². The van der Waals surface area contributed by atoms with E-state index in [9.17, 15) is 8.42 Å². The number of halogens is 1. The van der Waals surface area contributed by atoms with E-state index in [4.69, 9.17) is 15.9 Å². The van der Waals surface area contributed by atoms with Crippen LogP contribution in [0.2, 0.25) is 0 Å². The highest BCUT2D eigenvalue weighted by Crippen LogP contribution is 2.16. The van der Waals surface area contributed by atoms with Crippen molar-refractivity contribution in [2.75, 3.05) is 0 Å². The van der Waals surface area contributed by atoms with Crippen molar-refractivity contribution in [3.63, 3.8) is 0 Å². The molecule has 0 aliphatic rings. The highest BCUT2D eigenvalue weighted by molar-refractivity contribution is 8.13. The second-order valence-corrected chi connectivity index (χ2v) is 4.99. The first kappa shape index (κ1) is 10.0. The summed E-state index contributed by atoms with van der Waals surface area (Å²) in [4.78, 5) is 0.0296. The molecule has 0 heterocycles. The summed E-state index contributed by atoms with van der Waals surface area (Å²) in [7, 11) is 1.44. The molecule has 0 bridgehead atoms. The summed E-state index contributed by atoms with van der Waals surface area (Å²) in [6, 6.07) is 7.94. The van der Waals surface area contributed by atoms with E-state index in [0.29, 0.717) is 5.56 Å². The van der Waals surface area contributed by atoms with Gasteiger partial charge in [-0.05, 0) is 17.7 Å². The summed E-state index contributed by atoms with van der Waals surface area (Å²) in [6.07, 6.45) is 0.181. The van der Waals surface area contributed by atoms with Gasteiger partial charge in [-0.15, -0.1) is 0 Å². The summed E-state index contributed by atoms with van der Waals surface area (Å²) < 4.78 is 21.7. The average Bonchev–Trinajstić information content (AvgIpc) is 2.04. The predicted octanol–water partition coefficient (Wildman–Crippen LogP) is 1.68. The lowest BCUT2D eigenvalue weighted by Crippen LogP contribution is -1.91. The number of benzene rings is 1. The van der Waals surface area contributed by atoms with Crippen LogP contribution in [0.15, 0.2) is 29.2 Å². The maximum Gasteiger partial charge on any atom is 0.261 e. The number of hydrogen-bond donors (Lipinski definition) is 0. The summed E-state index contributed by atoms with van der Waals surface area (Å²) in [5.74, 6) is 0. The minimum Gasteiger partial charge on any atom is -0.207 e. The van der Waals surface area contributed by atoms with Crippen LogP contribution in [-0.2, 0) is 15.5 Å². The summed E-state index contributed by atoms with van der Waals surface area (Å²) in [5.41, 5.74) is 0.643. The number of rotatable bonds is 2. The predicted molar refractivity (Wildman–Crippen MR) is 48.8 cm³/mol. The van der Waals surface area contributed by atoms with E-state index in [0.717, 1.165) is 0 Å². The largest absolute Gasteiger partial charge is 0.261 e. The molecule has 0 fully saturated rings. The molecule has 1 rings (SSSR count). The van der Waals surface area contributed by atoms with Gasteiger partial charge in [-0.1, -0.05) is 12.1 Å². The van der Waals surface area contributed by atoms with Gasteiger partial charge in [0.15, 0.2) is 0 Å². The van der Waals surface area contributed by atoms with Crippen molar-refractivity contribution in [3.8, 4) is 6.07 Å². The van der Waals surface area contributed by atoms with Crippen LogP contribution in [0.1, 0.15) is 5.56 Å². The summed E-state index contributed by atoms with van der Waals surface area (Å²) >= 11 is 0. The quantitative estimate of drug-likeness (QED) is 0.706. The van der Waals surface area contributed by atoms with E-state index in [1.807, 2.05) is 6.07 Å². The maximum atomic E-state index is 10.9. The molecule has 0 aliphatic heterocycles. The number of nitrogens with zero attached hydrogens (tertiary/aromatic N) is 1. The molecule has 0 atom stereocenters. The fourth-order valence-electron chi connectivity index (χ4n) is 0.898. The van der Waals surface area contributed by atoms with Crippen molar-refractivity contribution in [1.82, 2.24) is 0 Å². The summed E-state index contributed by atoms with van der Waals surface area (Å²) in [5, 5.41) is 8.38. The van der Waals surface area contributed by atoms with E-state index >= 15 is 0 Å². The normalized spacial score (nSPS) is 10.8. The first-order valence-corrected chi connectivity index (χ1v) is 5.75. The van der Waals surface area contributed by atoms with Crippen LogP contribution in [0.5, 0.6) is 0 Å². The summed E-state index contributed by atoms with van der Waals surface area (Å²) in [6.45, 7) is 0. The van der Waals surface area contributed by atoms with Gasteiger partial charge in [-0.3, -0.25) is 0 Å². The molecular formula is C8H6ClNO2S. The van der Waals surface area contributed by atoms with Crippen molar-refractivity contribution >= 4 is 19.7 Å². The maximum absolute atomic E-state index is 10.9. The van der Waals surface area contributed by atoms with Gasteiger partial charge >= 0.3 is 0 Å². The van der Waals surface area contributed by atoms with Crippen molar-refractivity contribution in [2.45, 2.75) is 11.3 Å². The third-order valence-corrected chi connectivity index (χ3v) is 2.81. The van der Waals surface area contributed by atoms with E-state index in [-0.39, 0.29) is 11.3 Å². The van der Waals surface area contributed by atoms with Gasteiger partial charge in [0.05, 0.1) is 17.4 Å². The molecule has 0 amide bonds. The Morgan fingerprint density at radius 3 is 2.69 bits per heavy atom. The Bertz CT molecular complexity index is 447. The molecule has 13 heavy (non-hydrogen) atoms. The minimum absolute atomic E-state index is 0.0296. The van der Waals surface area contributed by atoms with Crippen molar-refractivity contribution in [2.24, 2.45) is 0 Å². The zero-order valence-corrected chi connectivity index (χ0v) is 8.14. The Hall–Kier alpha value is -1.05. The number of nitriles is 1. The molecular weight excluding hydrogens is 210 g/mol. The zero-order valence-electron chi connectivity index (χ0n) is 6.57. The van der Waals surface area contributed by atoms with E-state index < -0.39 is 9.05 Å². The highest BCUT2D eigenvalue weighted by Gasteiger charge is 2.09. The highest BCUT2D eigenvalue weighted by atomic mass is 35.7. The van der Waals surface area contributed by atoms with Gasteiger partial charge in [-0.2, -0.15) is 5.26 Å². The van der Waals surface area contributed by atoms with Crippen LogP contribution in [0.3, 0.4) is 0 Å². The van der Waals surface area contributed by atoms with Crippen molar-refractivity contribution in [3.05, 3.63) is 29.8 Å². The molecule has 3 nitrogen and oxygen atoms in total. The molecule has 0 N–H and O–H groups in total. The van der Waals surface area contributed by atoms with Crippen LogP contribution in [-0.4, -0.2) is 8.42 Å². The Kier molecular flexibility index (Phi) is 2.91. The monoisotopic (exact) mass is 215 g/mol. The molecule has 0 unspecified atom stereocenters. The molecule has 0 saturated carbocycles. The lowest BCUT2D eigenvalue weighted by molar-refractivity contribution is 0.609. The zero-order chi connectivity index (χ0) is 9.90. The Balaban J connectivity index is 3.15. The van der Waals surface area contributed by atoms with Gasteiger partial charge in [0, 0.05) is 10.7 Å². The smallest absolute Gasteiger partial charge is 0.207 e. The van der Waals surface area contributed by atoms with Gasteiger partial charge in [0.2, 0.25) is 0 Å². The van der Waals surface area contributed by atoms with Crippen LogP contribution in [0.4, 0.5) is 0 Å². The molecule has 1 aromatic rings. The van der Waals surface area contributed by atoms with Gasteiger partial charge in [-0.25, -0.2) is 8.42 Å². The Morgan fingerprint density at radius 2 is 2.15 bits per heavy atom. The third-order valence-electron chi connectivity index (χ3n) is 1.46. The minimum atomic E-state index is -3.68. The van der Waals surface area contributed by atoms with Gasteiger partial charge < -0.3 is 0 Å². The van der Waals surface area contributed by atoms with E-state index in [1.54, 1.807) is 12.1 Å². The molecule has 0 saturated heterocycles. The number of hydrogen-bond acceptors (Lipinski definition) is 3. The first-order chi connectivity index (χ1) is 6.04. The molecule has 68 valence electrons. The van der Waals surface area contributed by atoms with Crippen LogP contribution in [0, 0.1) is 11.3 Å². The topological polar surface area (TPSA) is 57.9 Å². The molecule has 1 aromatic carbocycles. The first-order valence-electron chi connectivity index (χ1n) is 3.44. The standard InChI is InChI=1S/C8H6ClNO2S/c9-13(11,12)8-3-1-2-7(6-8)4-5-10/h1-3,6H,4H2. The second-order valence-electron chi connectivity index (χ2n) is 2.42. The van der Waals surface area contributed by atoms with E-state index in [1.165, 1.54) is 12.1 Å². The lowest BCUT2D eigenvalue weighted by atomic mass is 10.2. The van der Waals surface area contributed by atoms with Crippen molar-refractivity contribution < 1.29 is 8.42 Å². The molecule has 0 spiro atoms.